The molecular weight excluding hydrogens is 480 g/mol. The molecule has 1 aliphatic heterocycles. The Kier molecular flexibility index (Phi) is 6.78. The molecule has 1 saturated carbocycles. The number of carbonyl (C=O) groups excluding carboxylic acids is 2. The second kappa shape index (κ2) is 9.46. The minimum Gasteiger partial charge on any atom is -0.493 e. The van der Waals surface area contributed by atoms with E-state index in [4.69, 9.17) is 21.1 Å². The van der Waals surface area contributed by atoms with E-state index in [1.807, 2.05) is 6.92 Å². The molecule has 1 atom stereocenters. The maximum atomic E-state index is 13.6. The van der Waals surface area contributed by atoms with Crippen molar-refractivity contribution in [1.82, 2.24) is 4.90 Å². The molecular formula is C24H27ClN2O6S. The monoisotopic (exact) mass is 506 g/mol. The molecule has 1 aliphatic carbocycles. The lowest BCUT2D eigenvalue weighted by Crippen LogP contribution is -2.34. The van der Waals surface area contributed by atoms with Gasteiger partial charge in [-0.05, 0) is 49.6 Å². The van der Waals surface area contributed by atoms with Crippen LogP contribution in [0.3, 0.4) is 0 Å². The number of ether oxygens (including phenoxy) is 2. The van der Waals surface area contributed by atoms with Gasteiger partial charge in [0, 0.05) is 29.3 Å². The number of halogens is 1. The number of hydrogen-bond acceptors (Lipinski definition) is 6. The molecule has 1 N–H and O–H groups in total. The second-order valence-electron chi connectivity index (χ2n) is 8.60. The van der Waals surface area contributed by atoms with Gasteiger partial charge in [0.15, 0.2) is 11.5 Å². The molecule has 2 aromatic rings. The molecule has 2 aromatic carbocycles. The zero-order valence-electron chi connectivity index (χ0n) is 19.3. The van der Waals surface area contributed by atoms with E-state index in [1.54, 1.807) is 30.3 Å². The van der Waals surface area contributed by atoms with Crippen molar-refractivity contribution in [3.05, 3.63) is 52.0 Å². The van der Waals surface area contributed by atoms with Crippen molar-refractivity contribution >= 4 is 38.9 Å². The third-order valence-electron chi connectivity index (χ3n) is 5.97. The van der Waals surface area contributed by atoms with E-state index in [0.717, 1.165) is 19.1 Å². The molecule has 0 radical (unpaired) electrons. The fourth-order valence-electron chi connectivity index (χ4n) is 4.16. The molecule has 1 fully saturated rings. The Bertz CT molecular complexity index is 1240. The summed E-state index contributed by atoms with van der Waals surface area (Å²) in [6.07, 6.45) is 2.80. The van der Waals surface area contributed by atoms with Crippen LogP contribution in [-0.2, 0) is 21.2 Å². The van der Waals surface area contributed by atoms with Gasteiger partial charge in [-0.15, -0.1) is 0 Å². The molecule has 0 saturated heterocycles. The van der Waals surface area contributed by atoms with Gasteiger partial charge in [-0.3, -0.25) is 9.59 Å². The first-order valence-electron chi connectivity index (χ1n) is 11.0. The molecule has 0 spiro atoms. The van der Waals surface area contributed by atoms with Crippen LogP contribution in [0.15, 0.2) is 30.3 Å². The number of nitrogens with zero attached hydrogens (tertiary/aromatic N) is 1. The van der Waals surface area contributed by atoms with E-state index >= 15 is 0 Å². The predicted molar refractivity (Wildman–Crippen MR) is 129 cm³/mol. The van der Waals surface area contributed by atoms with Gasteiger partial charge in [0.05, 0.1) is 36.8 Å². The van der Waals surface area contributed by atoms with Crippen LogP contribution in [0.5, 0.6) is 11.5 Å². The number of anilines is 1. The molecule has 4 rings (SSSR count). The van der Waals surface area contributed by atoms with Crippen LogP contribution in [0, 0.1) is 5.92 Å². The lowest BCUT2D eigenvalue weighted by molar-refractivity contribution is -0.117. The van der Waals surface area contributed by atoms with E-state index < -0.39 is 15.9 Å². The topological polar surface area (TPSA) is 102 Å². The smallest absolute Gasteiger partial charge is 0.257 e. The second-order valence-corrected chi connectivity index (χ2v) is 11.2. The van der Waals surface area contributed by atoms with Gasteiger partial charge in [-0.25, -0.2) is 8.42 Å². The van der Waals surface area contributed by atoms with E-state index in [1.165, 1.54) is 12.0 Å². The summed E-state index contributed by atoms with van der Waals surface area (Å²) < 4.78 is 35.7. The molecule has 8 nitrogen and oxygen atoms in total. The van der Waals surface area contributed by atoms with Crippen LogP contribution in [0.1, 0.15) is 47.3 Å². The van der Waals surface area contributed by atoms with Gasteiger partial charge in [-0.1, -0.05) is 17.7 Å². The third kappa shape index (κ3) is 5.00. The summed E-state index contributed by atoms with van der Waals surface area (Å²) in [6, 6.07) is 7.60. The molecule has 10 heteroatoms. The average Bonchev–Trinajstić information content (AvgIpc) is 3.57. The van der Waals surface area contributed by atoms with Crippen LogP contribution in [0.4, 0.5) is 5.69 Å². The fraction of sp³-hybridized carbons (Fsp3) is 0.417. The number of rotatable bonds is 9. The van der Waals surface area contributed by atoms with Gasteiger partial charge in [0.1, 0.15) is 9.84 Å². The highest BCUT2D eigenvalue weighted by Gasteiger charge is 2.39. The SMILES string of the molecule is CCOc1cc([C@@H](CS(C)(=O)=O)N2Cc3c(Cl)ccc(NC(=O)C4CC4)c3C2=O)ccc1OC. The lowest BCUT2D eigenvalue weighted by atomic mass is 10.1. The van der Waals surface area contributed by atoms with Crippen molar-refractivity contribution < 1.29 is 27.5 Å². The first-order valence-corrected chi connectivity index (χ1v) is 13.5. The van der Waals surface area contributed by atoms with E-state index in [-0.39, 0.29) is 30.0 Å². The van der Waals surface area contributed by atoms with Crippen molar-refractivity contribution in [2.45, 2.75) is 32.4 Å². The van der Waals surface area contributed by atoms with Crippen LogP contribution in [0.2, 0.25) is 5.02 Å². The zero-order valence-corrected chi connectivity index (χ0v) is 20.8. The molecule has 0 bridgehead atoms. The first kappa shape index (κ1) is 24.3. The quantitative estimate of drug-likeness (QED) is 0.554. The molecule has 0 aromatic heterocycles. The highest BCUT2D eigenvalue weighted by atomic mass is 35.5. The number of nitrogens with one attached hydrogen (secondary N) is 1. The summed E-state index contributed by atoms with van der Waals surface area (Å²) >= 11 is 6.43. The Morgan fingerprint density at radius 1 is 1.24 bits per heavy atom. The van der Waals surface area contributed by atoms with Gasteiger partial charge < -0.3 is 19.7 Å². The maximum Gasteiger partial charge on any atom is 0.257 e. The number of methoxy groups -OCH3 is 1. The summed E-state index contributed by atoms with van der Waals surface area (Å²) in [5.41, 5.74) is 1.86. The van der Waals surface area contributed by atoms with Gasteiger partial charge in [0.25, 0.3) is 5.91 Å². The van der Waals surface area contributed by atoms with Crippen LogP contribution < -0.4 is 14.8 Å². The summed E-state index contributed by atoms with van der Waals surface area (Å²) in [4.78, 5) is 27.5. The highest BCUT2D eigenvalue weighted by molar-refractivity contribution is 7.90. The van der Waals surface area contributed by atoms with E-state index in [0.29, 0.717) is 45.5 Å². The lowest BCUT2D eigenvalue weighted by Gasteiger charge is -2.28. The Morgan fingerprint density at radius 3 is 2.59 bits per heavy atom. The molecule has 182 valence electrons. The minimum atomic E-state index is -3.47. The van der Waals surface area contributed by atoms with Gasteiger partial charge in [-0.2, -0.15) is 0 Å². The van der Waals surface area contributed by atoms with Crippen molar-refractivity contribution in [2.75, 3.05) is 31.0 Å². The van der Waals surface area contributed by atoms with Crippen LogP contribution >= 0.6 is 11.6 Å². The third-order valence-corrected chi connectivity index (χ3v) is 7.25. The number of carbonyl (C=O) groups is 2. The Morgan fingerprint density at radius 2 is 1.97 bits per heavy atom. The highest BCUT2D eigenvalue weighted by Crippen LogP contribution is 2.41. The number of fused-ring (bicyclic) bond motifs is 1. The van der Waals surface area contributed by atoms with Crippen molar-refractivity contribution in [2.24, 2.45) is 5.92 Å². The summed E-state index contributed by atoms with van der Waals surface area (Å²) in [5.74, 6) is 0.138. The van der Waals surface area contributed by atoms with E-state index in [2.05, 4.69) is 5.32 Å². The molecule has 2 amide bonds. The first-order chi connectivity index (χ1) is 16.1. The van der Waals surface area contributed by atoms with Gasteiger partial charge in [0.2, 0.25) is 5.91 Å². The summed E-state index contributed by atoms with van der Waals surface area (Å²) in [5, 5.41) is 3.24. The standard InChI is InChI=1S/C24H27ClN2O6S/c1-4-33-21-11-15(7-10-20(21)32-2)19(13-34(3,30)31)27-12-16-17(25)8-9-18(22(16)24(27)29)26-23(28)14-5-6-14/h7-11,14,19H,4-6,12-13H2,1-3H3,(H,26,28)/t19-/m1/s1. The van der Waals surface area contributed by atoms with Crippen LogP contribution in [0.25, 0.3) is 0 Å². The minimum absolute atomic E-state index is 0.0341. The number of hydrogen-bond donors (Lipinski definition) is 1. The van der Waals surface area contributed by atoms with Crippen molar-refractivity contribution in [3.8, 4) is 11.5 Å². The Labute approximate surface area is 204 Å². The summed E-state index contributed by atoms with van der Waals surface area (Å²) in [6.45, 7) is 2.35. The predicted octanol–water partition coefficient (Wildman–Crippen LogP) is 3.84. The maximum absolute atomic E-state index is 13.6. The van der Waals surface area contributed by atoms with Crippen molar-refractivity contribution in [3.63, 3.8) is 0 Å². The van der Waals surface area contributed by atoms with Gasteiger partial charge >= 0.3 is 0 Å². The number of benzene rings is 2. The number of amides is 2. The normalized spacial score (nSPS) is 16.2. The molecule has 34 heavy (non-hydrogen) atoms. The van der Waals surface area contributed by atoms with Crippen molar-refractivity contribution in [1.29, 1.82) is 0 Å². The zero-order chi connectivity index (χ0) is 24.6. The Hall–Kier alpha value is -2.78. The molecule has 1 heterocycles. The Balaban J connectivity index is 1.74. The molecule has 0 unspecified atom stereocenters. The molecule has 2 aliphatic rings. The fourth-order valence-corrected chi connectivity index (χ4v) is 5.33. The summed E-state index contributed by atoms with van der Waals surface area (Å²) in [7, 11) is -1.95. The number of sulfone groups is 1. The van der Waals surface area contributed by atoms with E-state index in [9.17, 15) is 18.0 Å². The van der Waals surface area contributed by atoms with Crippen LogP contribution in [-0.4, -0.2) is 50.9 Å². The average molecular weight is 507 g/mol. The largest absolute Gasteiger partial charge is 0.493 e.